The molecule has 1 aliphatic heterocycles. The lowest BCUT2D eigenvalue weighted by Crippen LogP contribution is -2.35. The van der Waals surface area contributed by atoms with Crippen molar-refractivity contribution in [2.24, 2.45) is 11.3 Å². The van der Waals surface area contributed by atoms with E-state index in [1.54, 1.807) is 0 Å². The highest BCUT2D eigenvalue weighted by atomic mass is 15.1. The van der Waals surface area contributed by atoms with Gasteiger partial charge in [-0.1, -0.05) is 40.5 Å². The zero-order chi connectivity index (χ0) is 11.3. The molecule has 15 heavy (non-hydrogen) atoms. The second kappa shape index (κ2) is 5.89. The van der Waals surface area contributed by atoms with Crippen LogP contribution in [0.1, 0.15) is 59.8 Å². The molecule has 1 rings (SSSR count). The summed E-state index contributed by atoms with van der Waals surface area (Å²) in [5.74, 6) is 0.906. The zero-order valence-corrected chi connectivity index (χ0v) is 11.2. The van der Waals surface area contributed by atoms with Crippen molar-refractivity contribution < 1.29 is 0 Å². The molecule has 1 aliphatic rings. The summed E-state index contributed by atoms with van der Waals surface area (Å²) in [6, 6.07) is 0. The Bertz CT molecular complexity index is 163. The fourth-order valence-electron chi connectivity index (χ4n) is 2.71. The van der Waals surface area contributed by atoms with Gasteiger partial charge in [0.15, 0.2) is 0 Å². The van der Waals surface area contributed by atoms with Crippen LogP contribution >= 0.6 is 0 Å². The molecule has 0 spiro atoms. The highest BCUT2D eigenvalue weighted by Crippen LogP contribution is 2.27. The summed E-state index contributed by atoms with van der Waals surface area (Å²) in [5, 5.41) is 0. The monoisotopic (exact) mass is 211 g/mol. The van der Waals surface area contributed by atoms with Crippen molar-refractivity contribution in [2.45, 2.75) is 59.8 Å². The minimum Gasteiger partial charge on any atom is -0.303 e. The second-order valence-corrected chi connectivity index (χ2v) is 6.40. The fraction of sp³-hybridized carbons (Fsp3) is 1.00. The second-order valence-electron chi connectivity index (χ2n) is 6.40. The molecular formula is C14H29N. The Balaban J connectivity index is 2.31. The van der Waals surface area contributed by atoms with Gasteiger partial charge in [0.1, 0.15) is 0 Å². The molecular weight excluding hydrogens is 182 g/mol. The minimum absolute atomic E-state index is 0.496. The Hall–Kier alpha value is -0.0400. The standard InChI is InChI=1S/C14H29N/c1-5-13(11-14(2,3)4)12-15-9-7-6-8-10-15/h13H,5-12H2,1-4H3. The van der Waals surface area contributed by atoms with E-state index >= 15 is 0 Å². The zero-order valence-electron chi connectivity index (χ0n) is 11.2. The molecule has 0 amide bonds. The van der Waals surface area contributed by atoms with Gasteiger partial charge in [-0.2, -0.15) is 0 Å². The van der Waals surface area contributed by atoms with Crippen LogP contribution in [-0.2, 0) is 0 Å². The van der Waals surface area contributed by atoms with Crippen LogP contribution in [0, 0.1) is 11.3 Å². The number of nitrogens with zero attached hydrogens (tertiary/aromatic N) is 1. The molecule has 0 aliphatic carbocycles. The highest BCUT2D eigenvalue weighted by Gasteiger charge is 2.20. The number of hydrogen-bond acceptors (Lipinski definition) is 1. The van der Waals surface area contributed by atoms with E-state index in [4.69, 9.17) is 0 Å². The van der Waals surface area contributed by atoms with Crippen molar-refractivity contribution in [2.75, 3.05) is 19.6 Å². The van der Waals surface area contributed by atoms with Crippen LogP contribution in [0.4, 0.5) is 0 Å². The maximum Gasteiger partial charge on any atom is 0.000975 e. The van der Waals surface area contributed by atoms with E-state index in [-0.39, 0.29) is 0 Å². The minimum atomic E-state index is 0.496. The molecule has 1 nitrogen and oxygen atoms in total. The number of likely N-dealkylation sites (tertiary alicyclic amines) is 1. The fourth-order valence-corrected chi connectivity index (χ4v) is 2.71. The van der Waals surface area contributed by atoms with Crippen LogP contribution < -0.4 is 0 Å². The first-order valence-corrected chi connectivity index (χ1v) is 6.73. The van der Waals surface area contributed by atoms with E-state index in [1.807, 2.05) is 0 Å². The average molecular weight is 211 g/mol. The van der Waals surface area contributed by atoms with Crippen LogP contribution in [-0.4, -0.2) is 24.5 Å². The van der Waals surface area contributed by atoms with Crippen molar-refractivity contribution in [3.8, 4) is 0 Å². The number of piperidine rings is 1. The quantitative estimate of drug-likeness (QED) is 0.681. The average Bonchev–Trinajstić information content (AvgIpc) is 2.16. The van der Waals surface area contributed by atoms with E-state index in [0.717, 1.165) is 5.92 Å². The lowest BCUT2D eigenvalue weighted by molar-refractivity contribution is 0.165. The van der Waals surface area contributed by atoms with Crippen molar-refractivity contribution in [1.29, 1.82) is 0 Å². The summed E-state index contributed by atoms with van der Waals surface area (Å²) in [4.78, 5) is 2.68. The van der Waals surface area contributed by atoms with Crippen molar-refractivity contribution >= 4 is 0 Å². The van der Waals surface area contributed by atoms with Crippen LogP contribution in [0.25, 0.3) is 0 Å². The Morgan fingerprint density at radius 2 is 1.67 bits per heavy atom. The van der Waals surface area contributed by atoms with Gasteiger partial charge in [-0.05, 0) is 43.7 Å². The Labute approximate surface area is 96.2 Å². The summed E-state index contributed by atoms with van der Waals surface area (Å²) in [6.07, 6.45) is 7.01. The smallest absolute Gasteiger partial charge is 0.000975 e. The third kappa shape index (κ3) is 5.55. The molecule has 1 atom stereocenters. The van der Waals surface area contributed by atoms with Crippen LogP contribution in [0.15, 0.2) is 0 Å². The van der Waals surface area contributed by atoms with Crippen molar-refractivity contribution in [3.63, 3.8) is 0 Å². The molecule has 1 saturated heterocycles. The lowest BCUT2D eigenvalue weighted by atomic mass is 9.83. The molecule has 1 fully saturated rings. The Morgan fingerprint density at radius 3 is 2.13 bits per heavy atom. The molecule has 90 valence electrons. The van der Waals surface area contributed by atoms with Gasteiger partial charge in [0.25, 0.3) is 0 Å². The molecule has 0 radical (unpaired) electrons. The first-order chi connectivity index (χ1) is 7.01. The number of rotatable bonds is 4. The van der Waals surface area contributed by atoms with E-state index < -0.39 is 0 Å². The first kappa shape index (κ1) is 13.0. The van der Waals surface area contributed by atoms with Gasteiger partial charge in [0.05, 0.1) is 0 Å². The van der Waals surface area contributed by atoms with Gasteiger partial charge in [-0.15, -0.1) is 0 Å². The third-order valence-electron chi connectivity index (χ3n) is 3.44. The van der Waals surface area contributed by atoms with Gasteiger partial charge < -0.3 is 4.90 Å². The molecule has 0 N–H and O–H groups in total. The normalized spacial score (nSPS) is 21.6. The summed E-state index contributed by atoms with van der Waals surface area (Å²) < 4.78 is 0. The van der Waals surface area contributed by atoms with Crippen LogP contribution in [0.3, 0.4) is 0 Å². The molecule has 0 aromatic heterocycles. The van der Waals surface area contributed by atoms with E-state index in [2.05, 4.69) is 32.6 Å². The van der Waals surface area contributed by atoms with E-state index in [9.17, 15) is 0 Å². The molecule has 0 bridgehead atoms. The van der Waals surface area contributed by atoms with Gasteiger partial charge >= 0.3 is 0 Å². The summed E-state index contributed by atoms with van der Waals surface area (Å²) in [5.41, 5.74) is 0.496. The number of hydrogen-bond donors (Lipinski definition) is 0. The largest absolute Gasteiger partial charge is 0.303 e. The van der Waals surface area contributed by atoms with Gasteiger partial charge in [-0.25, -0.2) is 0 Å². The van der Waals surface area contributed by atoms with Crippen LogP contribution in [0.2, 0.25) is 0 Å². The van der Waals surface area contributed by atoms with Crippen molar-refractivity contribution in [3.05, 3.63) is 0 Å². The maximum atomic E-state index is 2.68. The van der Waals surface area contributed by atoms with Crippen LogP contribution in [0.5, 0.6) is 0 Å². The molecule has 0 aromatic carbocycles. The third-order valence-corrected chi connectivity index (χ3v) is 3.44. The SMILES string of the molecule is CCC(CN1CCCCC1)CC(C)(C)C. The molecule has 1 unspecified atom stereocenters. The molecule has 1 heteroatoms. The van der Waals surface area contributed by atoms with Gasteiger partial charge in [-0.3, -0.25) is 0 Å². The first-order valence-electron chi connectivity index (χ1n) is 6.73. The highest BCUT2D eigenvalue weighted by molar-refractivity contribution is 4.73. The topological polar surface area (TPSA) is 3.24 Å². The van der Waals surface area contributed by atoms with Gasteiger partial charge in [0, 0.05) is 6.54 Å². The summed E-state index contributed by atoms with van der Waals surface area (Å²) in [7, 11) is 0. The summed E-state index contributed by atoms with van der Waals surface area (Å²) in [6.45, 7) is 13.5. The van der Waals surface area contributed by atoms with E-state index in [0.29, 0.717) is 5.41 Å². The predicted molar refractivity (Wildman–Crippen MR) is 68.1 cm³/mol. The molecule has 0 saturated carbocycles. The maximum absolute atomic E-state index is 2.68. The Morgan fingerprint density at radius 1 is 1.07 bits per heavy atom. The summed E-state index contributed by atoms with van der Waals surface area (Å²) >= 11 is 0. The lowest BCUT2D eigenvalue weighted by Gasteiger charge is -2.33. The Kier molecular flexibility index (Phi) is 5.11. The van der Waals surface area contributed by atoms with E-state index in [1.165, 1.54) is 51.7 Å². The van der Waals surface area contributed by atoms with Gasteiger partial charge in [0.2, 0.25) is 0 Å². The predicted octanol–water partition coefficient (Wildman–Crippen LogP) is 3.93. The molecule has 1 heterocycles. The molecule has 0 aromatic rings. The van der Waals surface area contributed by atoms with Crippen molar-refractivity contribution in [1.82, 2.24) is 4.90 Å².